The van der Waals surface area contributed by atoms with E-state index in [1.165, 1.54) is 4.90 Å². The molecule has 2 amide bonds. The molecule has 1 atom stereocenters. The predicted octanol–water partition coefficient (Wildman–Crippen LogP) is -0.0326. The monoisotopic (exact) mass is 229 g/mol. The molecule has 0 rings (SSSR count). The quantitative estimate of drug-likeness (QED) is 0.711. The number of rotatable bonds is 4. The van der Waals surface area contributed by atoms with E-state index in [1.54, 1.807) is 21.0 Å². The normalized spacial score (nSPS) is 13.1. The fraction of sp³-hybridized carbons (Fsp3) is 0.818. The Kier molecular flexibility index (Phi) is 5.44. The molecule has 0 saturated carbocycles. The van der Waals surface area contributed by atoms with Gasteiger partial charge in [0.15, 0.2) is 0 Å². The fourth-order valence-corrected chi connectivity index (χ4v) is 1.09. The van der Waals surface area contributed by atoms with Gasteiger partial charge < -0.3 is 15.5 Å². The summed E-state index contributed by atoms with van der Waals surface area (Å²) in [6.45, 7) is 7.84. The molecule has 0 fully saturated rings. The molecule has 5 nitrogen and oxygen atoms in total. The number of carbonyl (C=O) groups excluding carboxylic acids is 2. The summed E-state index contributed by atoms with van der Waals surface area (Å²) >= 11 is 0. The standard InChI is InChI=1S/C11H23N3O2/c1-8(10(16)14(5)6)13-9(15)7-12-11(2,3)4/h8,12H,7H2,1-6H3,(H,13,15). The molecule has 0 aromatic heterocycles. The van der Waals surface area contributed by atoms with Crippen LogP contribution in [0, 0.1) is 0 Å². The van der Waals surface area contributed by atoms with Crippen LogP contribution in [0.25, 0.3) is 0 Å². The first-order valence-corrected chi connectivity index (χ1v) is 5.39. The first-order chi connectivity index (χ1) is 7.13. The Morgan fingerprint density at radius 2 is 1.75 bits per heavy atom. The average Bonchev–Trinajstić information content (AvgIpc) is 2.12. The van der Waals surface area contributed by atoms with Gasteiger partial charge in [0.25, 0.3) is 0 Å². The third-order valence-corrected chi connectivity index (χ3v) is 1.97. The number of hydrogen-bond acceptors (Lipinski definition) is 3. The largest absolute Gasteiger partial charge is 0.347 e. The second-order valence-corrected chi connectivity index (χ2v) is 5.13. The van der Waals surface area contributed by atoms with Crippen molar-refractivity contribution in [2.24, 2.45) is 0 Å². The van der Waals surface area contributed by atoms with Crippen LogP contribution in [0.2, 0.25) is 0 Å². The summed E-state index contributed by atoms with van der Waals surface area (Å²) in [6, 6.07) is -0.482. The van der Waals surface area contributed by atoms with Crippen LogP contribution in [0.3, 0.4) is 0 Å². The molecule has 16 heavy (non-hydrogen) atoms. The molecule has 1 unspecified atom stereocenters. The molecule has 0 aromatic rings. The molecular weight excluding hydrogens is 206 g/mol. The maximum atomic E-state index is 11.5. The average molecular weight is 229 g/mol. The zero-order valence-corrected chi connectivity index (χ0v) is 11.0. The van der Waals surface area contributed by atoms with Crippen LogP contribution < -0.4 is 10.6 Å². The van der Waals surface area contributed by atoms with E-state index in [0.29, 0.717) is 0 Å². The van der Waals surface area contributed by atoms with Gasteiger partial charge in [-0.05, 0) is 27.7 Å². The second-order valence-electron chi connectivity index (χ2n) is 5.13. The summed E-state index contributed by atoms with van der Waals surface area (Å²) in [6.07, 6.45) is 0. The third-order valence-electron chi connectivity index (χ3n) is 1.97. The van der Waals surface area contributed by atoms with Crippen molar-refractivity contribution in [3.05, 3.63) is 0 Å². The number of nitrogens with one attached hydrogen (secondary N) is 2. The highest BCUT2D eigenvalue weighted by atomic mass is 16.2. The van der Waals surface area contributed by atoms with Crippen molar-refractivity contribution in [1.82, 2.24) is 15.5 Å². The van der Waals surface area contributed by atoms with Gasteiger partial charge >= 0.3 is 0 Å². The maximum absolute atomic E-state index is 11.5. The molecule has 0 saturated heterocycles. The maximum Gasteiger partial charge on any atom is 0.244 e. The van der Waals surface area contributed by atoms with Gasteiger partial charge in [0.2, 0.25) is 11.8 Å². The van der Waals surface area contributed by atoms with Gasteiger partial charge in [0, 0.05) is 19.6 Å². The van der Waals surface area contributed by atoms with Crippen molar-refractivity contribution < 1.29 is 9.59 Å². The molecule has 5 heteroatoms. The summed E-state index contributed by atoms with van der Waals surface area (Å²) < 4.78 is 0. The Balaban J connectivity index is 4.02. The number of likely N-dealkylation sites (N-methyl/N-ethyl adjacent to an activating group) is 1. The van der Waals surface area contributed by atoms with E-state index < -0.39 is 6.04 Å². The van der Waals surface area contributed by atoms with Crippen LogP contribution in [0.1, 0.15) is 27.7 Å². The van der Waals surface area contributed by atoms with E-state index in [4.69, 9.17) is 0 Å². The minimum absolute atomic E-state index is 0.105. The van der Waals surface area contributed by atoms with E-state index in [0.717, 1.165) is 0 Å². The SMILES string of the molecule is CC(NC(=O)CNC(C)(C)C)C(=O)N(C)C. The van der Waals surface area contributed by atoms with Crippen molar-refractivity contribution >= 4 is 11.8 Å². The molecule has 0 heterocycles. The molecular formula is C11H23N3O2. The Morgan fingerprint density at radius 3 is 2.12 bits per heavy atom. The minimum Gasteiger partial charge on any atom is -0.347 e. The number of carbonyl (C=O) groups is 2. The van der Waals surface area contributed by atoms with Gasteiger partial charge in [-0.15, -0.1) is 0 Å². The number of amides is 2. The van der Waals surface area contributed by atoms with Gasteiger partial charge in [-0.25, -0.2) is 0 Å². The minimum atomic E-state index is -0.482. The summed E-state index contributed by atoms with van der Waals surface area (Å²) in [7, 11) is 3.33. The van der Waals surface area contributed by atoms with Crippen LogP contribution in [0.4, 0.5) is 0 Å². The zero-order valence-electron chi connectivity index (χ0n) is 11.0. The van der Waals surface area contributed by atoms with E-state index in [2.05, 4.69) is 10.6 Å². The highest BCUT2D eigenvalue weighted by molar-refractivity contribution is 5.87. The van der Waals surface area contributed by atoms with E-state index in [-0.39, 0.29) is 23.9 Å². The van der Waals surface area contributed by atoms with Crippen molar-refractivity contribution in [3.63, 3.8) is 0 Å². The van der Waals surface area contributed by atoms with Gasteiger partial charge in [-0.3, -0.25) is 9.59 Å². The lowest BCUT2D eigenvalue weighted by Gasteiger charge is -2.22. The van der Waals surface area contributed by atoms with Crippen molar-refractivity contribution in [2.45, 2.75) is 39.3 Å². The Morgan fingerprint density at radius 1 is 1.25 bits per heavy atom. The zero-order chi connectivity index (χ0) is 12.9. The van der Waals surface area contributed by atoms with E-state index in [1.807, 2.05) is 20.8 Å². The molecule has 94 valence electrons. The summed E-state index contributed by atoms with van der Waals surface area (Å²) in [5.41, 5.74) is -0.105. The molecule has 0 aliphatic rings. The summed E-state index contributed by atoms with van der Waals surface area (Å²) in [4.78, 5) is 24.4. The van der Waals surface area contributed by atoms with Crippen LogP contribution in [-0.2, 0) is 9.59 Å². The summed E-state index contributed by atoms with van der Waals surface area (Å²) in [5, 5.41) is 5.70. The van der Waals surface area contributed by atoms with Crippen molar-refractivity contribution in [2.75, 3.05) is 20.6 Å². The topological polar surface area (TPSA) is 61.4 Å². The molecule has 0 spiro atoms. The van der Waals surface area contributed by atoms with Gasteiger partial charge in [0.1, 0.15) is 6.04 Å². The van der Waals surface area contributed by atoms with Gasteiger partial charge in [0.05, 0.1) is 6.54 Å². The van der Waals surface area contributed by atoms with Crippen molar-refractivity contribution in [3.8, 4) is 0 Å². The first kappa shape index (κ1) is 14.9. The van der Waals surface area contributed by atoms with Crippen LogP contribution >= 0.6 is 0 Å². The Labute approximate surface area is 97.6 Å². The molecule has 0 aliphatic heterocycles. The lowest BCUT2D eigenvalue weighted by molar-refractivity contribution is -0.133. The molecule has 0 bridgehead atoms. The Hall–Kier alpha value is -1.10. The van der Waals surface area contributed by atoms with Crippen molar-refractivity contribution in [1.29, 1.82) is 0 Å². The highest BCUT2D eigenvalue weighted by Gasteiger charge is 2.18. The lowest BCUT2D eigenvalue weighted by atomic mass is 10.1. The Bertz CT molecular complexity index is 256. The second kappa shape index (κ2) is 5.84. The first-order valence-electron chi connectivity index (χ1n) is 5.39. The molecule has 0 aromatic carbocycles. The molecule has 2 N–H and O–H groups in total. The smallest absolute Gasteiger partial charge is 0.244 e. The number of nitrogens with zero attached hydrogens (tertiary/aromatic N) is 1. The lowest BCUT2D eigenvalue weighted by Crippen LogP contribution is -2.49. The fourth-order valence-electron chi connectivity index (χ4n) is 1.09. The number of hydrogen-bond donors (Lipinski definition) is 2. The van der Waals surface area contributed by atoms with Gasteiger partial charge in [-0.1, -0.05) is 0 Å². The molecule has 0 aliphatic carbocycles. The van der Waals surface area contributed by atoms with E-state index in [9.17, 15) is 9.59 Å². The van der Waals surface area contributed by atoms with Crippen LogP contribution in [0.5, 0.6) is 0 Å². The van der Waals surface area contributed by atoms with Crippen LogP contribution in [0.15, 0.2) is 0 Å². The van der Waals surface area contributed by atoms with Gasteiger partial charge in [-0.2, -0.15) is 0 Å². The summed E-state index contributed by atoms with van der Waals surface area (Å²) in [5.74, 6) is -0.276. The van der Waals surface area contributed by atoms with E-state index >= 15 is 0 Å². The third kappa shape index (κ3) is 6.40. The highest BCUT2D eigenvalue weighted by Crippen LogP contribution is 1.97. The van der Waals surface area contributed by atoms with Crippen LogP contribution in [-0.4, -0.2) is 48.9 Å². The predicted molar refractivity (Wildman–Crippen MR) is 64.1 cm³/mol. The molecule has 0 radical (unpaired) electrons.